The quantitative estimate of drug-likeness (QED) is 0.377. The fourth-order valence-electron chi connectivity index (χ4n) is 4.28. The molecule has 37 heavy (non-hydrogen) atoms. The highest BCUT2D eigenvalue weighted by atomic mass is 16.5. The second-order valence-electron chi connectivity index (χ2n) is 8.86. The van der Waals surface area contributed by atoms with Gasteiger partial charge in [-0.3, -0.25) is 18.7 Å². The molecule has 4 rings (SSSR count). The van der Waals surface area contributed by atoms with Gasteiger partial charge >= 0.3 is 5.69 Å². The molecular formula is C29H31N3O5. The standard InChI is InChI=1S/C29H31N3O5/c1-5-14-30-27(33)21-12-10-20(11-13-21)17-32-28(34)23-15-25(36-3)26(37-4)16-24(23)31(29(32)35)18-22-9-7-6-8-19(22)2/h6-13,15-16H,5,14,17-18H2,1-4H3,(H,30,33). The molecule has 0 aliphatic carbocycles. The number of hydrogen-bond donors (Lipinski definition) is 1. The molecule has 0 fully saturated rings. The lowest BCUT2D eigenvalue weighted by Gasteiger charge is -2.17. The smallest absolute Gasteiger partial charge is 0.332 e. The van der Waals surface area contributed by atoms with Crippen molar-refractivity contribution in [2.24, 2.45) is 0 Å². The normalized spacial score (nSPS) is 10.9. The van der Waals surface area contributed by atoms with Gasteiger partial charge in [-0.15, -0.1) is 0 Å². The fourth-order valence-corrected chi connectivity index (χ4v) is 4.28. The van der Waals surface area contributed by atoms with Crippen LogP contribution in [0.1, 0.15) is 40.4 Å². The van der Waals surface area contributed by atoms with E-state index in [1.807, 2.05) is 38.1 Å². The molecule has 1 amide bonds. The number of aromatic nitrogens is 2. The minimum absolute atomic E-state index is 0.0621. The van der Waals surface area contributed by atoms with Crippen molar-refractivity contribution in [3.63, 3.8) is 0 Å². The van der Waals surface area contributed by atoms with Crippen molar-refractivity contribution in [1.29, 1.82) is 0 Å². The predicted octanol–water partition coefficient (Wildman–Crippen LogP) is 3.73. The van der Waals surface area contributed by atoms with Crippen LogP contribution in [0.3, 0.4) is 0 Å². The summed E-state index contributed by atoms with van der Waals surface area (Å²) in [5.74, 6) is 0.683. The molecule has 1 aromatic heterocycles. The van der Waals surface area contributed by atoms with Gasteiger partial charge in [0, 0.05) is 18.2 Å². The third-order valence-electron chi connectivity index (χ3n) is 6.41. The molecule has 0 saturated heterocycles. The summed E-state index contributed by atoms with van der Waals surface area (Å²) in [5.41, 5.74) is 2.87. The zero-order valence-electron chi connectivity index (χ0n) is 21.5. The molecule has 0 unspecified atom stereocenters. The van der Waals surface area contributed by atoms with Crippen LogP contribution in [0.4, 0.5) is 0 Å². The van der Waals surface area contributed by atoms with Crippen molar-refractivity contribution < 1.29 is 14.3 Å². The van der Waals surface area contributed by atoms with Gasteiger partial charge in [0.05, 0.1) is 38.2 Å². The Balaban J connectivity index is 1.84. The summed E-state index contributed by atoms with van der Waals surface area (Å²) in [4.78, 5) is 39.6. The van der Waals surface area contributed by atoms with Crippen molar-refractivity contribution in [3.8, 4) is 11.5 Å². The molecule has 0 spiro atoms. The number of rotatable bonds is 9. The summed E-state index contributed by atoms with van der Waals surface area (Å²) in [6, 6.07) is 18.0. The Morgan fingerprint density at radius 3 is 2.22 bits per heavy atom. The van der Waals surface area contributed by atoms with Gasteiger partial charge in [0.1, 0.15) is 0 Å². The molecule has 1 N–H and O–H groups in total. The molecule has 0 radical (unpaired) electrons. The Hall–Kier alpha value is -4.33. The Morgan fingerprint density at radius 2 is 1.57 bits per heavy atom. The van der Waals surface area contributed by atoms with Gasteiger partial charge in [0.15, 0.2) is 11.5 Å². The van der Waals surface area contributed by atoms with Crippen molar-refractivity contribution in [2.75, 3.05) is 20.8 Å². The molecule has 0 aliphatic rings. The van der Waals surface area contributed by atoms with E-state index < -0.39 is 11.2 Å². The number of fused-ring (bicyclic) bond motifs is 1. The van der Waals surface area contributed by atoms with E-state index >= 15 is 0 Å². The number of hydrogen-bond acceptors (Lipinski definition) is 5. The summed E-state index contributed by atoms with van der Waals surface area (Å²) < 4.78 is 13.7. The van der Waals surface area contributed by atoms with Crippen LogP contribution in [0.2, 0.25) is 0 Å². The molecule has 0 atom stereocenters. The third-order valence-corrected chi connectivity index (χ3v) is 6.41. The lowest BCUT2D eigenvalue weighted by molar-refractivity contribution is 0.0953. The topological polar surface area (TPSA) is 91.6 Å². The van der Waals surface area contributed by atoms with Gasteiger partial charge in [-0.05, 0) is 48.2 Å². The minimum atomic E-state index is -0.433. The lowest BCUT2D eigenvalue weighted by atomic mass is 10.1. The molecule has 8 heteroatoms. The van der Waals surface area contributed by atoms with E-state index in [1.165, 1.54) is 18.8 Å². The number of methoxy groups -OCH3 is 2. The Morgan fingerprint density at radius 1 is 0.892 bits per heavy atom. The first-order valence-electron chi connectivity index (χ1n) is 12.2. The fraction of sp³-hybridized carbons (Fsp3) is 0.276. The second-order valence-corrected chi connectivity index (χ2v) is 8.86. The number of carbonyl (C=O) groups is 1. The number of nitrogens with one attached hydrogen (secondary N) is 1. The minimum Gasteiger partial charge on any atom is -0.493 e. The van der Waals surface area contributed by atoms with E-state index in [9.17, 15) is 14.4 Å². The highest BCUT2D eigenvalue weighted by Gasteiger charge is 2.18. The summed E-state index contributed by atoms with van der Waals surface area (Å²) >= 11 is 0. The zero-order chi connectivity index (χ0) is 26.5. The maximum absolute atomic E-state index is 13.8. The lowest BCUT2D eigenvalue weighted by Crippen LogP contribution is -2.40. The van der Waals surface area contributed by atoms with Crippen molar-refractivity contribution in [2.45, 2.75) is 33.4 Å². The Labute approximate surface area is 215 Å². The first-order valence-corrected chi connectivity index (χ1v) is 12.2. The van der Waals surface area contributed by atoms with Gasteiger partial charge in [-0.2, -0.15) is 0 Å². The zero-order valence-corrected chi connectivity index (χ0v) is 21.5. The van der Waals surface area contributed by atoms with Crippen LogP contribution in [0.25, 0.3) is 10.9 Å². The van der Waals surface area contributed by atoms with Gasteiger partial charge in [-0.1, -0.05) is 43.3 Å². The van der Waals surface area contributed by atoms with Crippen LogP contribution in [0.5, 0.6) is 11.5 Å². The number of aryl methyl sites for hydroxylation is 1. The van der Waals surface area contributed by atoms with Crippen LogP contribution < -0.4 is 26.0 Å². The van der Waals surface area contributed by atoms with Crippen molar-refractivity contribution in [3.05, 3.63) is 104 Å². The number of ether oxygens (including phenoxy) is 2. The predicted molar refractivity (Wildman–Crippen MR) is 144 cm³/mol. The molecule has 1 heterocycles. The summed E-state index contributed by atoms with van der Waals surface area (Å²) in [6.07, 6.45) is 0.847. The number of nitrogens with zero attached hydrogens (tertiary/aromatic N) is 2. The van der Waals surface area contributed by atoms with E-state index in [2.05, 4.69) is 5.32 Å². The molecule has 3 aromatic carbocycles. The van der Waals surface area contributed by atoms with Gasteiger partial charge in [-0.25, -0.2) is 4.79 Å². The first kappa shape index (κ1) is 25.8. The van der Waals surface area contributed by atoms with Gasteiger partial charge < -0.3 is 14.8 Å². The summed E-state index contributed by atoms with van der Waals surface area (Å²) in [5, 5.41) is 3.19. The first-order chi connectivity index (χ1) is 17.9. The highest BCUT2D eigenvalue weighted by Crippen LogP contribution is 2.30. The Bertz CT molecular complexity index is 1550. The maximum atomic E-state index is 13.8. The number of amides is 1. The maximum Gasteiger partial charge on any atom is 0.332 e. The highest BCUT2D eigenvalue weighted by molar-refractivity contribution is 5.94. The van der Waals surface area contributed by atoms with Crippen LogP contribution >= 0.6 is 0 Å². The average Bonchev–Trinajstić information content (AvgIpc) is 2.92. The van der Waals surface area contributed by atoms with E-state index in [0.717, 1.165) is 23.1 Å². The molecule has 8 nitrogen and oxygen atoms in total. The van der Waals surface area contributed by atoms with Crippen molar-refractivity contribution in [1.82, 2.24) is 14.5 Å². The molecule has 192 valence electrons. The Kier molecular flexibility index (Phi) is 7.77. The third kappa shape index (κ3) is 5.28. The van der Waals surface area contributed by atoms with E-state index in [4.69, 9.17) is 9.47 Å². The summed E-state index contributed by atoms with van der Waals surface area (Å²) in [6.45, 7) is 4.92. The van der Waals surface area contributed by atoms with Crippen LogP contribution in [0, 0.1) is 6.92 Å². The van der Waals surface area contributed by atoms with E-state index in [1.54, 1.807) is 41.0 Å². The van der Waals surface area contributed by atoms with Crippen LogP contribution in [-0.4, -0.2) is 35.8 Å². The van der Waals surface area contributed by atoms with E-state index in [0.29, 0.717) is 34.5 Å². The van der Waals surface area contributed by atoms with Crippen molar-refractivity contribution >= 4 is 16.8 Å². The molecular weight excluding hydrogens is 470 g/mol. The largest absolute Gasteiger partial charge is 0.493 e. The van der Waals surface area contributed by atoms with Crippen LogP contribution in [-0.2, 0) is 13.1 Å². The van der Waals surface area contributed by atoms with Gasteiger partial charge in [0.25, 0.3) is 11.5 Å². The SMILES string of the molecule is CCCNC(=O)c1ccc(Cn2c(=O)c3cc(OC)c(OC)cc3n(Cc3ccccc3C)c2=O)cc1. The average molecular weight is 502 g/mol. The molecule has 0 saturated carbocycles. The second kappa shape index (κ2) is 11.2. The summed E-state index contributed by atoms with van der Waals surface area (Å²) in [7, 11) is 3.02. The molecule has 4 aromatic rings. The van der Waals surface area contributed by atoms with Crippen LogP contribution in [0.15, 0.2) is 70.3 Å². The number of benzene rings is 3. The van der Waals surface area contributed by atoms with Gasteiger partial charge in [0.2, 0.25) is 0 Å². The molecule has 0 aliphatic heterocycles. The monoisotopic (exact) mass is 501 g/mol. The number of carbonyl (C=O) groups excluding carboxylic acids is 1. The van der Waals surface area contributed by atoms with E-state index in [-0.39, 0.29) is 19.0 Å². The molecule has 0 bridgehead atoms.